The van der Waals surface area contributed by atoms with Gasteiger partial charge in [-0.2, -0.15) is 0 Å². The molecule has 0 aromatic rings. The third-order valence-corrected chi connectivity index (χ3v) is 4.40. The number of allylic oxidation sites excluding steroid dienone is 2. The molecule has 1 amide bonds. The Balaban J connectivity index is 0. The predicted molar refractivity (Wildman–Crippen MR) is 102 cm³/mol. The summed E-state index contributed by atoms with van der Waals surface area (Å²) in [7, 11) is 0. The van der Waals surface area contributed by atoms with Crippen LogP contribution in [0.1, 0.15) is 97.8 Å². The van der Waals surface area contributed by atoms with E-state index in [1.54, 1.807) is 13.8 Å². The van der Waals surface area contributed by atoms with E-state index in [0.717, 1.165) is 25.7 Å². The van der Waals surface area contributed by atoms with Crippen molar-refractivity contribution in [2.24, 2.45) is 5.92 Å². The molecule has 0 spiro atoms. The van der Waals surface area contributed by atoms with Gasteiger partial charge in [0.15, 0.2) is 0 Å². The van der Waals surface area contributed by atoms with Crippen LogP contribution in [-0.4, -0.2) is 17.9 Å². The van der Waals surface area contributed by atoms with Crippen LogP contribution in [0.25, 0.3) is 0 Å². The zero-order chi connectivity index (χ0) is 18.9. The maximum absolute atomic E-state index is 11.8. The number of carboxylic acid groups (broad SMARTS) is 1. The Kier molecular flexibility index (Phi) is 20.9. The number of rotatable bonds is 16. The van der Waals surface area contributed by atoms with Crippen LogP contribution in [0.3, 0.4) is 0 Å². The molecule has 146 valence electrons. The summed E-state index contributed by atoms with van der Waals surface area (Å²) in [6.07, 6.45) is 18.0. The molecule has 0 fully saturated rings. The molecule has 0 rings (SSSR count). The largest absolute Gasteiger partial charge is 1.00 e. The first kappa shape index (κ1) is 27.9. The molecule has 0 saturated heterocycles. The van der Waals surface area contributed by atoms with Crippen molar-refractivity contribution >= 4 is 11.9 Å². The monoisotopic (exact) mass is 375 g/mol. The van der Waals surface area contributed by atoms with Gasteiger partial charge in [0, 0.05) is 6.42 Å². The molecule has 0 unspecified atom stereocenters. The fraction of sp³-hybridized carbons (Fsp3) is 0.810. The van der Waals surface area contributed by atoms with Gasteiger partial charge in [0.25, 0.3) is 0 Å². The zero-order valence-electron chi connectivity index (χ0n) is 17.5. The molecule has 4 nitrogen and oxygen atoms in total. The summed E-state index contributed by atoms with van der Waals surface area (Å²) >= 11 is 0. The molecule has 1 N–H and O–H groups in total. The zero-order valence-corrected chi connectivity index (χ0v) is 19.5. The normalized spacial score (nSPS) is 12.2. The molecule has 0 aliphatic heterocycles. The van der Waals surface area contributed by atoms with Crippen LogP contribution in [0.15, 0.2) is 12.2 Å². The number of amides is 1. The number of carboxylic acids is 1. The number of carbonyl (C=O) groups excluding carboxylic acids is 2. The predicted octanol–water partition coefficient (Wildman–Crippen LogP) is 1.14. The Bertz CT molecular complexity index is 383. The van der Waals surface area contributed by atoms with Gasteiger partial charge in [-0.05, 0) is 38.0 Å². The van der Waals surface area contributed by atoms with E-state index < -0.39 is 12.0 Å². The topological polar surface area (TPSA) is 69.2 Å². The average Bonchev–Trinajstić information content (AvgIpc) is 2.56. The van der Waals surface area contributed by atoms with Gasteiger partial charge in [0.05, 0.1) is 12.0 Å². The molecule has 0 heterocycles. The van der Waals surface area contributed by atoms with Gasteiger partial charge in [-0.3, -0.25) is 4.79 Å². The van der Waals surface area contributed by atoms with E-state index >= 15 is 0 Å². The Morgan fingerprint density at radius 1 is 0.885 bits per heavy atom. The summed E-state index contributed by atoms with van der Waals surface area (Å²) < 4.78 is 0. The summed E-state index contributed by atoms with van der Waals surface area (Å²) in [5.41, 5.74) is 0. The number of hydrogen-bond donors (Lipinski definition) is 1. The molecule has 0 saturated carbocycles. The van der Waals surface area contributed by atoms with E-state index in [0.29, 0.717) is 6.42 Å². The minimum atomic E-state index is -1.21. The van der Waals surface area contributed by atoms with Gasteiger partial charge in [-0.15, -0.1) is 0 Å². The minimum Gasteiger partial charge on any atom is -0.548 e. The van der Waals surface area contributed by atoms with Crippen molar-refractivity contribution in [3.05, 3.63) is 12.2 Å². The second kappa shape index (κ2) is 19.4. The Morgan fingerprint density at radius 2 is 1.38 bits per heavy atom. The summed E-state index contributed by atoms with van der Waals surface area (Å²) in [5, 5.41) is 13.5. The molecule has 0 aliphatic carbocycles. The number of aliphatic carboxylic acids is 1. The van der Waals surface area contributed by atoms with Gasteiger partial charge in [-0.25, -0.2) is 0 Å². The van der Waals surface area contributed by atoms with Gasteiger partial charge >= 0.3 is 29.6 Å². The molecule has 26 heavy (non-hydrogen) atoms. The third kappa shape index (κ3) is 17.1. The minimum absolute atomic E-state index is 0. The first-order chi connectivity index (χ1) is 12.0. The third-order valence-electron chi connectivity index (χ3n) is 4.40. The maximum Gasteiger partial charge on any atom is 1.00 e. The maximum atomic E-state index is 11.8. The SMILES string of the molecule is CCCCCC/C=C\CCCCCCCC(=O)N[C@H](C(=O)[O-])C(C)C.[Na+]. The van der Waals surface area contributed by atoms with E-state index in [1.165, 1.54) is 44.9 Å². The van der Waals surface area contributed by atoms with Crippen LogP contribution in [0.4, 0.5) is 0 Å². The summed E-state index contributed by atoms with van der Waals surface area (Å²) in [6.45, 7) is 5.76. The molecule has 0 bridgehead atoms. The van der Waals surface area contributed by atoms with E-state index in [-0.39, 0.29) is 41.4 Å². The van der Waals surface area contributed by atoms with Gasteiger partial charge < -0.3 is 15.2 Å². The second-order valence-corrected chi connectivity index (χ2v) is 7.24. The van der Waals surface area contributed by atoms with Crippen molar-refractivity contribution in [3.8, 4) is 0 Å². The number of carbonyl (C=O) groups is 2. The van der Waals surface area contributed by atoms with Crippen LogP contribution < -0.4 is 40.0 Å². The van der Waals surface area contributed by atoms with Gasteiger partial charge in [0.2, 0.25) is 5.91 Å². The van der Waals surface area contributed by atoms with Gasteiger partial charge in [0.1, 0.15) is 0 Å². The molecule has 1 atom stereocenters. The van der Waals surface area contributed by atoms with E-state index in [4.69, 9.17) is 0 Å². The number of unbranched alkanes of at least 4 members (excludes halogenated alkanes) is 9. The van der Waals surface area contributed by atoms with Crippen molar-refractivity contribution in [2.75, 3.05) is 0 Å². The molecule has 5 heteroatoms. The molecule has 0 aliphatic rings. The van der Waals surface area contributed by atoms with Crippen LogP contribution in [0.5, 0.6) is 0 Å². The Morgan fingerprint density at radius 3 is 1.88 bits per heavy atom. The smallest absolute Gasteiger partial charge is 0.548 e. The summed E-state index contributed by atoms with van der Waals surface area (Å²) in [5.74, 6) is -1.55. The molecular weight excluding hydrogens is 337 g/mol. The van der Waals surface area contributed by atoms with Crippen molar-refractivity contribution in [1.29, 1.82) is 0 Å². The quantitative estimate of drug-likeness (QED) is 0.250. The van der Waals surface area contributed by atoms with Crippen LogP contribution in [0.2, 0.25) is 0 Å². The fourth-order valence-electron chi connectivity index (χ4n) is 2.75. The Labute approximate surface area is 182 Å². The number of nitrogens with one attached hydrogen (secondary N) is 1. The molecule has 0 aromatic carbocycles. The first-order valence-corrected chi connectivity index (χ1v) is 10.1. The number of hydrogen-bond acceptors (Lipinski definition) is 3. The molecule has 0 aromatic heterocycles. The summed E-state index contributed by atoms with van der Waals surface area (Å²) in [4.78, 5) is 22.7. The van der Waals surface area contributed by atoms with Crippen molar-refractivity contribution in [2.45, 2.75) is 104 Å². The van der Waals surface area contributed by atoms with Crippen molar-refractivity contribution in [3.63, 3.8) is 0 Å². The van der Waals surface area contributed by atoms with Crippen molar-refractivity contribution < 1.29 is 44.3 Å². The van der Waals surface area contributed by atoms with E-state index in [2.05, 4.69) is 24.4 Å². The molecule has 0 radical (unpaired) electrons. The van der Waals surface area contributed by atoms with Gasteiger partial charge in [-0.1, -0.05) is 71.4 Å². The molecular formula is C21H38NNaO3. The van der Waals surface area contributed by atoms with Crippen LogP contribution in [0, 0.1) is 5.92 Å². The van der Waals surface area contributed by atoms with Crippen molar-refractivity contribution in [1.82, 2.24) is 5.32 Å². The standard InChI is InChI=1S/C21H39NO3.Na/c1-4-5-6-7-8-9-10-11-12-13-14-15-16-17-19(23)22-20(18(2)3)21(24)25;/h9-10,18,20H,4-8,11-17H2,1-3H3,(H,22,23)(H,24,25);/q;+1/p-1/b10-9-;/t20-;/m0./s1. The van der Waals surface area contributed by atoms with E-state index in [9.17, 15) is 14.7 Å². The Hall–Kier alpha value is -0.320. The summed E-state index contributed by atoms with van der Waals surface area (Å²) in [6, 6.07) is -0.888. The average molecular weight is 376 g/mol. The second-order valence-electron chi connectivity index (χ2n) is 7.24. The van der Waals surface area contributed by atoms with Crippen LogP contribution in [-0.2, 0) is 9.59 Å². The van der Waals surface area contributed by atoms with Crippen LogP contribution >= 0.6 is 0 Å². The first-order valence-electron chi connectivity index (χ1n) is 10.1. The fourth-order valence-corrected chi connectivity index (χ4v) is 2.75. The van der Waals surface area contributed by atoms with E-state index in [1.807, 2.05) is 0 Å².